The van der Waals surface area contributed by atoms with Gasteiger partial charge in [0, 0.05) is 18.6 Å². The first-order valence-electron chi connectivity index (χ1n) is 8.99. The van der Waals surface area contributed by atoms with Gasteiger partial charge in [0.15, 0.2) is 5.78 Å². The SMILES string of the molecule is CC(C)Cn1c(N)c(C(=O)Cn2cnc3c(Cl)cc(Cl)cc3c2=O)c(=O)n(C)c1=O. The summed E-state index contributed by atoms with van der Waals surface area (Å²) in [5.74, 6) is -0.899. The lowest BCUT2D eigenvalue weighted by molar-refractivity contribution is 0.0968. The third-order valence-corrected chi connectivity index (χ3v) is 5.08. The molecule has 158 valence electrons. The van der Waals surface area contributed by atoms with Crippen molar-refractivity contribution in [3.05, 3.63) is 65.3 Å². The molecule has 0 spiro atoms. The van der Waals surface area contributed by atoms with Gasteiger partial charge in [-0.05, 0) is 18.1 Å². The molecule has 11 heteroatoms. The molecule has 0 saturated heterocycles. The molecule has 9 nitrogen and oxygen atoms in total. The van der Waals surface area contributed by atoms with Crippen LogP contribution < -0.4 is 22.5 Å². The molecule has 1 aromatic carbocycles. The number of benzene rings is 1. The summed E-state index contributed by atoms with van der Waals surface area (Å²) in [6, 6.07) is 2.85. The predicted molar refractivity (Wildman–Crippen MR) is 116 cm³/mol. The molecule has 3 aromatic rings. The summed E-state index contributed by atoms with van der Waals surface area (Å²) in [7, 11) is 1.27. The molecule has 2 heterocycles. The van der Waals surface area contributed by atoms with Crippen LogP contribution in [0.5, 0.6) is 0 Å². The van der Waals surface area contributed by atoms with E-state index < -0.39 is 29.1 Å². The van der Waals surface area contributed by atoms with Crippen molar-refractivity contribution in [3.8, 4) is 0 Å². The highest BCUT2D eigenvalue weighted by molar-refractivity contribution is 6.38. The molecular weight excluding hydrogens is 433 g/mol. The van der Waals surface area contributed by atoms with Crippen LogP contribution in [0.15, 0.2) is 32.8 Å². The van der Waals surface area contributed by atoms with E-state index in [0.29, 0.717) is 0 Å². The summed E-state index contributed by atoms with van der Waals surface area (Å²) < 4.78 is 3.04. The first-order valence-corrected chi connectivity index (χ1v) is 9.75. The van der Waals surface area contributed by atoms with Gasteiger partial charge in [0.05, 0.1) is 28.8 Å². The summed E-state index contributed by atoms with van der Waals surface area (Å²) in [5.41, 5.74) is 3.92. The van der Waals surface area contributed by atoms with Crippen LogP contribution in [0.1, 0.15) is 24.2 Å². The average molecular weight is 452 g/mol. The largest absolute Gasteiger partial charge is 0.384 e. The lowest BCUT2D eigenvalue weighted by atomic mass is 10.1. The number of carbonyl (C=O) groups excluding carboxylic acids is 1. The summed E-state index contributed by atoms with van der Waals surface area (Å²) >= 11 is 12.0. The highest BCUT2D eigenvalue weighted by Gasteiger charge is 2.23. The lowest BCUT2D eigenvalue weighted by Gasteiger charge is -2.16. The molecule has 0 saturated carbocycles. The molecule has 3 rings (SSSR count). The quantitative estimate of drug-likeness (QED) is 0.588. The van der Waals surface area contributed by atoms with Gasteiger partial charge >= 0.3 is 5.69 Å². The second-order valence-corrected chi connectivity index (χ2v) is 8.14. The van der Waals surface area contributed by atoms with E-state index in [1.54, 1.807) is 0 Å². The number of ketones is 1. The van der Waals surface area contributed by atoms with Gasteiger partial charge in [-0.2, -0.15) is 0 Å². The van der Waals surface area contributed by atoms with Crippen molar-refractivity contribution in [2.24, 2.45) is 13.0 Å². The van der Waals surface area contributed by atoms with Crippen LogP contribution in [-0.2, 0) is 20.1 Å². The second-order valence-electron chi connectivity index (χ2n) is 7.30. The van der Waals surface area contributed by atoms with Gasteiger partial charge in [0.2, 0.25) is 0 Å². The van der Waals surface area contributed by atoms with Gasteiger partial charge in [0.1, 0.15) is 11.4 Å². The maximum atomic E-state index is 12.9. The average Bonchev–Trinajstić information content (AvgIpc) is 2.66. The van der Waals surface area contributed by atoms with E-state index in [1.165, 1.54) is 23.7 Å². The Morgan fingerprint density at radius 1 is 1.17 bits per heavy atom. The number of anilines is 1. The van der Waals surface area contributed by atoms with Crippen molar-refractivity contribution in [1.29, 1.82) is 0 Å². The number of hydrogen-bond donors (Lipinski definition) is 1. The highest BCUT2D eigenvalue weighted by atomic mass is 35.5. The van der Waals surface area contributed by atoms with Crippen LogP contribution in [0.25, 0.3) is 10.9 Å². The highest BCUT2D eigenvalue weighted by Crippen LogP contribution is 2.24. The van der Waals surface area contributed by atoms with Crippen molar-refractivity contribution in [2.75, 3.05) is 5.73 Å². The van der Waals surface area contributed by atoms with Crippen molar-refractivity contribution in [1.82, 2.24) is 18.7 Å². The van der Waals surface area contributed by atoms with E-state index in [-0.39, 0.29) is 44.8 Å². The monoisotopic (exact) mass is 451 g/mol. The zero-order valence-corrected chi connectivity index (χ0v) is 18.0. The Balaban J connectivity index is 2.12. The summed E-state index contributed by atoms with van der Waals surface area (Å²) in [6.07, 6.45) is 1.16. The fraction of sp³-hybridized carbons (Fsp3) is 0.316. The number of nitrogen functional groups attached to an aromatic ring is 1. The number of nitrogens with zero attached hydrogens (tertiary/aromatic N) is 4. The molecule has 0 aliphatic carbocycles. The molecule has 0 atom stereocenters. The number of Topliss-reactive ketones (excluding diaryl/α,β-unsaturated/α-hetero) is 1. The first-order chi connectivity index (χ1) is 14.0. The minimum absolute atomic E-state index is 0.0484. The number of hydrogen-bond acceptors (Lipinski definition) is 6. The smallest absolute Gasteiger partial charge is 0.332 e. The van der Waals surface area contributed by atoms with Gasteiger partial charge in [-0.1, -0.05) is 37.0 Å². The number of aromatic nitrogens is 4. The topological polar surface area (TPSA) is 122 Å². The molecule has 0 bridgehead atoms. The fourth-order valence-corrected chi connectivity index (χ4v) is 3.67. The molecule has 0 radical (unpaired) electrons. The predicted octanol–water partition coefficient (Wildman–Crippen LogP) is 1.68. The molecular formula is C19H19Cl2N5O4. The van der Waals surface area contributed by atoms with Crippen LogP contribution in [0, 0.1) is 5.92 Å². The Morgan fingerprint density at radius 3 is 2.47 bits per heavy atom. The van der Waals surface area contributed by atoms with Crippen LogP contribution in [0.2, 0.25) is 10.0 Å². The Labute approximate surface area is 180 Å². The molecule has 2 N–H and O–H groups in total. The fourth-order valence-electron chi connectivity index (χ4n) is 3.13. The Hall–Kier alpha value is -2.91. The van der Waals surface area contributed by atoms with E-state index in [0.717, 1.165) is 15.5 Å². The molecule has 30 heavy (non-hydrogen) atoms. The second kappa shape index (κ2) is 8.08. The minimum Gasteiger partial charge on any atom is -0.384 e. The van der Waals surface area contributed by atoms with Crippen LogP contribution in [-0.4, -0.2) is 24.5 Å². The molecule has 0 fully saturated rings. The van der Waals surface area contributed by atoms with Gasteiger partial charge in [-0.3, -0.25) is 28.1 Å². The Bertz CT molecular complexity index is 1350. The van der Waals surface area contributed by atoms with E-state index in [4.69, 9.17) is 28.9 Å². The van der Waals surface area contributed by atoms with Crippen molar-refractivity contribution in [3.63, 3.8) is 0 Å². The van der Waals surface area contributed by atoms with E-state index in [1.807, 2.05) is 13.8 Å². The standard InChI is InChI=1S/C19H19Cl2N5O4/c1-9(2)6-26-16(22)14(18(29)24(3)19(26)30)13(27)7-25-8-23-15-11(17(25)28)4-10(20)5-12(15)21/h4-5,8-9H,6-7,22H2,1-3H3. The molecule has 0 amide bonds. The summed E-state index contributed by atoms with van der Waals surface area (Å²) in [6.45, 7) is 3.48. The number of carbonyl (C=O) groups is 1. The third-order valence-electron chi connectivity index (χ3n) is 4.57. The van der Waals surface area contributed by atoms with Crippen molar-refractivity contribution < 1.29 is 4.79 Å². The summed E-state index contributed by atoms with van der Waals surface area (Å²) in [4.78, 5) is 54.8. The van der Waals surface area contributed by atoms with Gasteiger partial charge in [0.25, 0.3) is 11.1 Å². The molecule has 0 aliphatic rings. The van der Waals surface area contributed by atoms with Crippen LogP contribution in [0.3, 0.4) is 0 Å². The number of fused-ring (bicyclic) bond motifs is 1. The third kappa shape index (κ3) is 3.78. The molecule has 2 aromatic heterocycles. The normalized spacial score (nSPS) is 11.4. The number of nitrogens with two attached hydrogens (primary N) is 1. The maximum absolute atomic E-state index is 12.9. The zero-order valence-electron chi connectivity index (χ0n) is 16.5. The zero-order chi connectivity index (χ0) is 22.3. The van der Waals surface area contributed by atoms with Crippen molar-refractivity contribution >= 4 is 45.7 Å². The van der Waals surface area contributed by atoms with E-state index >= 15 is 0 Å². The number of rotatable bonds is 5. The number of halogens is 2. The van der Waals surface area contributed by atoms with Gasteiger partial charge < -0.3 is 5.73 Å². The maximum Gasteiger partial charge on any atom is 0.332 e. The first kappa shape index (κ1) is 21.8. The van der Waals surface area contributed by atoms with Gasteiger partial charge in [-0.15, -0.1) is 0 Å². The van der Waals surface area contributed by atoms with E-state index in [2.05, 4.69) is 4.98 Å². The van der Waals surface area contributed by atoms with Crippen molar-refractivity contribution in [2.45, 2.75) is 26.9 Å². The Kier molecular flexibility index (Phi) is 5.87. The van der Waals surface area contributed by atoms with E-state index in [9.17, 15) is 19.2 Å². The van der Waals surface area contributed by atoms with Crippen LogP contribution in [0.4, 0.5) is 5.82 Å². The van der Waals surface area contributed by atoms with Crippen LogP contribution >= 0.6 is 23.2 Å². The molecule has 0 aliphatic heterocycles. The summed E-state index contributed by atoms with van der Waals surface area (Å²) in [5, 5.41) is 0.578. The lowest BCUT2D eigenvalue weighted by Crippen LogP contribution is -2.43. The Morgan fingerprint density at radius 2 is 1.83 bits per heavy atom. The molecule has 0 unspecified atom stereocenters. The minimum atomic E-state index is -0.824. The van der Waals surface area contributed by atoms with Gasteiger partial charge in [-0.25, -0.2) is 9.78 Å².